The lowest BCUT2D eigenvalue weighted by Crippen LogP contribution is -2.49. The van der Waals surface area contributed by atoms with Gasteiger partial charge >= 0.3 is 5.97 Å². The Morgan fingerprint density at radius 1 is 1.16 bits per heavy atom. The number of rotatable bonds is 8. The largest absolute Gasteiger partial charge is 0.482 e. The van der Waals surface area contributed by atoms with E-state index in [1.165, 1.54) is 11.0 Å². The van der Waals surface area contributed by atoms with Crippen molar-refractivity contribution in [2.45, 2.75) is 32.7 Å². The maximum Gasteiger partial charge on any atom is 0.306 e. The van der Waals surface area contributed by atoms with Gasteiger partial charge in [0.2, 0.25) is 5.91 Å². The van der Waals surface area contributed by atoms with Gasteiger partial charge in [0.15, 0.2) is 12.4 Å². The van der Waals surface area contributed by atoms with Crippen molar-refractivity contribution in [3.63, 3.8) is 0 Å². The molecule has 32 heavy (non-hydrogen) atoms. The van der Waals surface area contributed by atoms with Crippen molar-refractivity contribution in [3.8, 4) is 5.75 Å². The molecule has 0 radical (unpaired) electrons. The molecule has 0 aliphatic carbocycles. The highest BCUT2D eigenvalue weighted by atomic mass is 35.5. The summed E-state index contributed by atoms with van der Waals surface area (Å²) in [6.07, 6.45) is -0.0676. The highest BCUT2D eigenvalue weighted by Gasteiger charge is 2.33. The van der Waals surface area contributed by atoms with E-state index < -0.39 is 23.8 Å². The van der Waals surface area contributed by atoms with Crippen molar-refractivity contribution in [2.24, 2.45) is 0 Å². The second kappa shape index (κ2) is 10.3. The van der Waals surface area contributed by atoms with E-state index in [0.717, 1.165) is 0 Å². The molecule has 2 aromatic carbocycles. The number of fused-ring (bicyclic) bond motifs is 1. The molecule has 3 rings (SSSR count). The number of hydrogen-bond acceptors (Lipinski definition) is 6. The van der Waals surface area contributed by atoms with Gasteiger partial charge in [0, 0.05) is 22.7 Å². The second-order valence-corrected chi connectivity index (χ2v) is 7.57. The lowest BCUT2D eigenvalue weighted by molar-refractivity contribution is -0.143. The summed E-state index contributed by atoms with van der Waals surface area (Å²) in [5, 5.41) is 3.28. The molecule has 1 atom stereocenters. The highest BCUT2D eigenvalue weighted by Crippen LogP contribution is 2.35. The van der Waals surface area contributed by atoms with E-state index in [1.54, 1.807) is 50.2 Å². The van der Waals surface area contributed by atoms with Crippen molar-refractivity contribution in [3.05, 3.63) is 53.1 Å². The number of Topliss-reactive ketones (excluding diaryl/α,β-unsaturated/α-hetero) is 1. The Morgan fingerprint density at radius 3 is 2.56 bits per heavy atom. The molecular formula is C23H23ClN2O6. The average molecular weight is 459 g/mol. The summed E-state index contributed by atoms with van der Waals surface area (Å²) < 4.78 is 10.3. The van der Waals surface area contributed by atoms with Crippen LogP contribution in [0.25, 0.3) is 0 Å². The quantitative estimate of drug-likeness (QED) is 0.479. The number of nitrogens with one attached hydrogen (secondary N) is 1. The second-order valence-electron chi connectivity index (χ2n) is 7.14. The Morgan fingerprint density at radius 2 is 1.88 bits per heavy atom. The molecule has 0 fully saturated rings. The number of carbonyl (C=O) groups excluding carboxylic acids is 4. The van der Waals surface area contributed by atoms with Gasteiger partial charge in [-0.05, 0) is 56.3 Å². The average Bonchev–Trinajstić information content (AvgIpc) is 2.78. The van der Waals surface area contributed by atoms with Gasteiger partial charge in [-0.15, -0.1) is 0 Å². The van der Waals surface area contributed by atoms with Gasteiger partial charge in [0.25, 0.3) is 5.91 Å². The van der Waals surface area contributed by atoms with Crippen LogP contribution in [0.1, 0.15) is 37.0 Å². The van der Waals surface area contributed by atoms with Crippen molar-refractivity contribution < 1.29 is 28.7 Å². The number of ether oxygens (including phenoxy) is 2. The number of esters is 1. The van der Waals surface area contributed by atoms with Gasteiger partial charge in [-0.1, -0.05) is 11.6 Å². The van der Waals surface area contributed by atoms with Crippen LogP contribution in [0.5, 0.6) is 5.75 Å². The molecule has 2 aromatic rings. The van der Waals surface area contributed by atoms with Gasteiger partial charge in [0.05, 0.1) is 18.7 Å². The number of halogens is 1. The third-order valence-electron chi connectivity index (χ3n) is 4.90. The predicted molar refractivity (Wildman–Crippen MR) is 119 cm³/mol. The van der Waals surface area contributed by atoms with Gasteiger partial charge in [-0.25, -0.2) is 0 Å². The van der Waals surface area contributed by atoms with Gasteiger partial charge in [-0.3, -0.25) is 24.1 Å². The van der Waals surface area contributed by atoms with Gasteiger partial charge in [-0.2, -0.15) is 0 Å². The zero-order valence-corrected chi connectivity index (χ0v) is 18.5. The molecule has 0 aromatic heterocycles. The third-order valence-corrected chi connectivity index (χ3v) is 5.15. The van der Waals surface area contributed by atoms with Crippen LogP contribution >= 0.6 is 11.6 Å². The Balaban J connectivity index is 1.79. The van der Waals surface area contributed by atoms with Crippen LogP contribution in [0.4, 0.5) is 11.4 Å². The fourth-order valence-corrected chi connectivity index (χ4v) is 3.39. The Labute approximate surface area is 190 Å². The van der Waals surface area contributed by atoms with Crippen LogP contribution < -0.4 is 15.0 Å². The molecule has 168 valence electrons. The fourth-order valence-electron chi connectivity index (χ4n) is 3.26. The summed E-state index contributed by atoms with van der Waals surface area (Å²) in [6.45, 7) is 3.31. The molecule has 0 bridgehead atoms. The van der Waals surface area contributed by atoms with Crippen LogP contribution in [0.2, 0.25) is 5.02 Å². The molecule has 9 heteroatoms. The number of hydrogen-bond donors (Lipinski definition) is 1. The van der Waals surface area contributed by atoms with Crippen molar-refractivity contribution in [1.82, 2.24) is 0 Å². The van der Waals surface area contributed by atoms with E-state index in [4.69, 9.17) is 21.1 Å². The van der Waals surface area contributed by atoms with E-state index in [1.807, 2.05) is 0 Å². The molecule has 1 N–H and O–H groups in total. The summed E-state index contributed by atoms with van der Waals surface area (Å²) in [6, 6.07) is 10.4. The van der Waals surface area contributed by atoms with Crippen LogP contribution in [0, 0.1) is 0 Å². The molecule has 8 nitrogen and oxygen atoms in total. The molecule has 1 aliphatic rings. The Hall–Kier alpha value is -3.39. The minimum absolute atomic E-state index is 0.0287. The number of carbonyl (C=O) groups is 4. The zero-order chi connectivity index (χ0) is 23.3. The lowest BCUT2D eigenvalue weighted by atomic mass is 10.0. The first-order valence-electron chi connectivity index (χ1n) is 10.1. The monoisotopic (exact) mass is 458 g/mol. The molecule has 1 heterocycles. The smallest absolute Gasteiger partial charge is 0.306 e. The number of nitrogens with zero attached hydrogens (tertiary/aromatic N) is 1. The predicted octanol–water partition coefficient (Wildman–Crippen LogP) is 3.62. The van der Waals surface area contributed by atoms with Crippen molar-refractivity contribution in [2.75, 3.05) is 23.4 Å². The van der Waals surface area contributed by atoms with Crippen molar-refractivity contribution in [1.29, 1.82) is 0 Å². The first-order valence-corrected chi connectivity index (χ1v) is 10.5. The number of benzene rings is 2. The molecule has 2 amide bonds. The van der Waals surface area contributed by atoms with Crippen molar-refractivity contribution >= 4 is 46.5 Å². The first-order chi connectivity index (χ1) is 15.3. The lowest BCUT2D eigenvalue weighted by Gasteiger charge is -2.33. The van der Waals surface area contributed by atoms with E-state index in [-0.39, 0.29) is 31.8 Å². The normalized spacial score (nSPS) is 13.6. The van der Waals surface area contributed by atoms with E-state index >= 15 is 0 Å². The van der Waals surface area contributed by atoms with Gasteiger partial charge < -0.3 is 14.8 Å². The Kier molecular flexibility index (Phi) is 7.48. The van der Waals surface area contributed by atoms with E-state index in [0.29, 0.717) is 27.7 Å². The summed E-state index contributed by atoms with van der Waals surface area (Å²) >= 11 is 5.87. The molecule has 0 spiro atoms. The summed E-state index contributed by atoms with van der Waals surface area (Å²) in [5.41, 5.74) is 1.17. The summed E-state index contributed by atoms with van der Waals surface area (Å²) in [7, 11) is 0. The highest BCUT2D eigenvalue weighted by molar-refractivity contribution is 6.30. The number of ketones is 1. The fraction of sp³-hybridized carbons (Fsp3) is 0.304. The minimum Gasteiger partial charge on any atom is -0.482 e. The van der Waals surface area contributed by atoms with Crippen LogP contribution in [0.3, 0.4) is 0 Å². The van der Waals surface area contributed by atoms with E-state index in [9.17, 15) is 19.2 Å². The number of anilines is 2. The maximum absolute atomic E-state index is 12.8. The SMILES string of the molecule is CCOC(=O)CCC(=O)c1ccc2c(c1)N(C(C)C(=O)Nc1ccc(Cl)cc1)C(=O)CO2. The van der Waals surface area contributed by atoms with Crippen LogP contribution in [-0.2, 0) is 19.1 Å². The minimum atomic E-state index is -0.870. The third kappa shape index (κ3) is 5.45. The topological polar surface area (TPSA) is 102 Å². The Bertz CT molecular complexity index is 1040. The van der Waals surface area contributed by atoms with Crippen LogP contribution in [-0.4, -0.2) is 42.8 Å². The summed E-state index contributed by atoms with van der Waals surface area (Å²) in [4.78, 5) is 50.8. The molecule has 1 unspecified atom stereocenters. The number of amides is 2. The molecular weight excluding hydrogens is 436 g/mol. The molecule has 1 aliphatic heterocycles. The van der Waals surface area contributed by atoms with E-state index in [2.05, 4.69) is 5.32 Å². The standard InChI is InChI=1S/C23H23ClN2O6/c1-3-31-22(29)11-9-19(27)15-4-10-20-18(12-15)26(21(28)13-32-20)14(2)23(30)25-17-7-5-16(24)6-8-17/h4-8,10,12,14H,3,9,11,13H2,1-2H3,(H,25,30). The van der Waals surface area contributed by atoms with Crippen LogP contribution in [0.15, 0.2) is 42.5 Å². The summed E-state index contributed by atoms with van der Waals surface area (Å²) in [5.74, 6) is -1.17. The zero-order valence-electron chi connectivity index (χ0n) is 17.7. The van der Waals surface area contributed by atoms with Gasteiger partial charge in [0.1, 0.15) is 11.8 Å². The first kappa shape index (κ1) is 23.3. The molecule has 0 saturated heterocycles. The maximum atomic E-state index is 12.8. The molecule has 0 saturated carbocycles.